The van der Waals surface area contributed by atoms with Crippen molar-refractivity contribution in [1.82, 2.24) is 5.32 Å². The second kappa shape index (κ2) is 11.3. The highest BCUT2D eigenvalue weighted by molar-refractivity contribution is 5.99. The summed E-state index contributed by atoms with van der Waals surface area (Å²) >= 11 is 0. The summed E-state index contributed by atoms with van der Waals surface area (Å²) in [6.07, 6.45) is 0.186. The van der Waals surface area contributed by atoms with Crippen molar-refractivity contribution < 1.29 is 33.3 Å². The van der Waals surface area contributed by atoms with E-state index in [-0.39, 0.29) is 30.9 Å². The van der Waals surface area contributed by atoms with E-state index in [1.165, 1.54) is 20.3 Å². The molecule has 0 radical (unpaired) electrons. The largest absolute Gasteiger partial charge is 0.493 e. The van der Waals surface area contributed by atoms with Crippen LogP contribution in [0.25, 0.3) is 0 Å². The summed E-state index contributed by atoms with van der Waals surface area (Å²) < 4.78 is 21.0. The van der Waals surface area contributed by atoms with E-state index in [0.717, 1.165) is 11.4 Å². The number of amides is 2. The molecule has 0 bridgehead atoms. The molecule has 0 saturated carbocycles. The Morgan fingerprint density at radius 2 is 1.67 bits per heavy atom. The van der Waals surface area contributed by atoms with E-state index in [1.807, 2.05) is 42.5 Å². The topological polar surface area (TPSA) is 103 Å². The number of hydrogen-bond donors (Lipinski definition) is 1. The number of nitrogens with one attached hydrogen (secondary N) is 1. The fourth-order valence-electron chi connectivity index (χ4n) is 3.76. The molecule has 1 aliphatic heterocycles. The van der Waals surface area contributed by atoms with Crippen LogP contribution in [0.3, 0.4) is 0 Å². The van der Waals surface area contributed by atoms with Crippen LogP contribution >= 0.6 is 0 Å². The van der Waals surface area contributed by atoms with Crippen LogP contribution in [0.1, 0.15) is 16.8 Å². The number of benzene rings is 3. The van der Waals surface area contributed by atoms with Crippen LogP contribution < -0.4 is 24.4 Å². The van der Waals surface area contributed by atoms with Gasteiger partial charge in [0.2, 0.25) is 5.91 Å². The summed E-state index contributed by atoms with van der Waals surface area (Å²) in [5, 5.41) is 2.90. The van der Waals surface area contributed by atoms with E-state index >= 15 is 0 Å². The van der Waals surface area contributed by atoms with Gasteiger partial charge in [-0.25, -0.2) is 4.79 Å². The molecular formula is C27H26N2O7. The molecule has 3 aromatic rings. The molecule has 9 nitrogen and oxygen atoms in total. The maximum Gasteiger partial charge on any atom is 0.343 e. The highest BCUT2D eigenvalue weighted by atomic mass is 16.6. The number of para-hydroxylation sites is 1. The molecule has 1 aliphatic rings. The van der Waals surface area contributed by atoms with Crippen molar-refractivity contribution in [3.05, 3.63) is 78.4 Å². The first-order valence-electron chi connectivity index (χ1n) is 11.3. The first-order valence-corrected chi connectivity index (χ1v) is 11.3. The number of nitrogens with zero attached hydrogens (tertiary/aromatic N) is 1. The lowest BCUT2D eigenvalue weighted by molar-refractivity contribution is -0.142. The first kappa shape index (κ1) is 24.6. The normalized spacial score (nSPS) is 14.8. The maximum atomic E-state index is 12.8. The second-order valence-electron chi connectivity index (χ2n) is 8.02. The number of carbonyl (C=O) groups excluding carboxylic acids is 3. The van der Waals surface area contributed by atoms with Crippen LogP contribution in [0.4, 0.5) is 5.69 Å². The molecule has 1 atom stereocenters. The molecule has 2 amide bonds. The number of hydrogen-bond acceptors (Lipinski definition) is 7. The van der Waals surface area contributed by atoms with Crippen LogP contribution in [-0.4, -0.2) is 51.2 Å². The molecule has 9 heteroatoms. The van der Waals surface area contributed by atoms with E-state index < -0.39 is 5.97 Å². The average Bonchev–Trinajstić information content (AvgIpc) is 3.27. The third-order valence-corrected chi connectivity index (χ3v) is 5.59. The van der Waals surface area contributed by atoms with Gasteiger partial charge in [-0.05, 0) is 54.6 Å². The Morgan fingerprint density at radius 1 is 0.944 bits per heavy atom. The molecule has 1 unspecified atom stereocenters. The van der Waals surface area contributed by atoms with Crippen molar-refractivity contribution >= 4 is 23.5 Å². The summed E-state index contributed by atoms with van der Waals surface area (Å²) in [6, 6.07) is 20.9. The van der Waals surface area contributed by atoms with Crippen molar-refractivity contribution in [3.63, 3.8) is 0 Å². The predicted molar refractivity (Wildman–Crippen MR) is 132 cm³/mol. The molecule has 186 valence electrons. The van der Waals surface area contributed by atoms with Gasteiger partial charge in [0.15, 0.2) is 18.1 Å². The van der Waals surface area contributed by atoms with Gasteiger partial charge >= 0.3 is 5.97 Å². The standard InChI is InChI=1S/C27H26N2O7/c1-33-24-14-18(8-13-23(24)35-17-26(31)34-2)27(32)28-19-15-25(30)29(16-19)20-9-11-22(12-10-20)36-21-6-4-3-5-7-21/h3-14,19H,15-17H2,1-2H3,(H,28,32). The van der Waals surface area contributed by atoms with Gasteiger partial charge in [-0.1, -0.05) is 18.2 Å². The third kappa shape index (κ3) is 5.93. The summed E-state index contributed by atoms with van der Waals surface area (Å²) in [6.45, 7) is 0.0682. The SMILES string of the molecule is COC(=O)COc1ccc(C(=O)NC2CC(=O)N(c3ccc(Oc4ccccc4)cc3)C2)cc1OC. The van der Waals surface area contributed by atoms with Gasteiger partial charge in [0.25, 0.3) is 5.91 Å². The van der Waals surface area contributed by atoms with Gasteiger partial charge in [-0.3, -0.25) is 9.59 Å². The van der Waals surface area contributed by atoms with Crippen LogP contribution in [0.5, 0.6) is 23.0 Å². The Labute approximate surface area is 208 Å². The molecule has 3 aromatic carbocycles. The van der Waals surface area contributed by atoms with Crippen molar-refractivity contribution in [1.29, 1.82) is 0 Å². The van der Waals surface area contributed by atoms with E-state index in [9.17, 15) is 14.4 Å². The summed E-state index contributed by atoms with van der Waals surface area (Å²) in [5.74, 6) is 1.03. The Kier molecular flexibility index (Phi) is 7.69. The zero-order chi connectivity index (χ0) is 25.5. The molecule has 4 rings (SSSR count). The lowest BCUT2D eigenvalue weighted by Gasteiger charge is -2.18. The van der Waals surface area contributed by atoms with Crippen LogP contribution in [0.2, 0.25) is 0 Å². The smallest absolute Gasteiger partial charge is 0.343 e. The van der Waals surface area contributed by atoms with Gasteiger partial charge in [0, 0.05) is 24.2 Å². The molecule has 0 spiro atoms. The zero-order valence-corrected chi connectivity index (χ0v) is 19.9. The Hall–Kier alpha value is -4.53. The number of methoxy groups -OCH3 is 2. The quantitative estimate of drug-likeness (QED) is 0.458. The van der Waals surface area contributed by atoms with E-state index in [2.05, 4.69) is 10.1 Å². The van der Waals surface area contributed by atoms with Crippen LogP contribution in [-0.2, 0) is 14.3 Å². The number of anilines is 1. The van der Waals surface area contributed by atoms with Crippen LogP contribution in [0.15, 0.2) is 72.8 Å². The number of carbonyl (C=O) groups is 3. The highest BCUT2D eigenvalue weighted by Crippen LogP contribution is 2.29. The summed E-state index contributed by atoms with van der Waals surface area (Å²) in [7, 11) is 2.70. The molecule has 1 N–H and O–H groups in total. The van der Waals surface area contributed by atoms with Gasteiger partial charge in [0.05, 0.1) is 20.3 Å². The van der Waals surface area contributed by atoms with E-state index in [4.69, 9.17) is 14.2 Å². The summed E-state index contributed by atoms with van der Waals surface area (Å²) in [5.41, 5.74) is 1.07. The molecule has 36 heavy (non-hydrogen) atoms. The Bertz CT molecular complexity index is 1230. The number of rotatable bonds is 9. The average molecular weight is 491 g/mol. The minimum Gasteiger partial charge on any atom is -0.493 e. The number of esters is 1. The Morgan fingerprint density at radius 3 is 2.36 bits per heavy atom. The van der Waals surface area contributed by atoms with Crippen molar-refractivity contribution in [3.8, 4) is 23.0 Å². The van der Waals surface area contributed by atoms with Crippen molar-refractivity contribution in [2.24, 2.45) is 0 Å². The summed E-state index contributed by atoms with van der Waals surface area (Å²) in [4.78, 5) is 38.4. The van der Waals surface area contributed by atoms with Gasteiger partial charge in [0.1, 0.15) is 11.5 Å². The fourth-order valence-corrected chi connectivity index (χ4v) is 3.76. The first-order chi connectivity index (χ1) is 17.5. The predicted octanol–water partition coefficient (Wildman–Crippen LogP) is 3.57. The molecule has 0 aromatic heterocycles. The second-order valence-corrected chi connectivity index (χ2v) is 8.02. The molecule has 1 heterocycles. The van der Waals surface area contributed by atoms with Gasteiger partial charge < -0.3 is 29.2 Å². The van der Waals surface area contributed by atoms with Crippen molar-refractivity contribution in [2.75, 3.05) is 32.3 Å². The minimum atomic E-state index is -0.535. The third-order valence-electron chi connectivity index (χ3n) is 5.59. The lowest BCUT2D eigenvalue weighted by atomic mass is 10.1. The molecule has 1 fully saturated rings. The Balaban J connectivity index is 1.36. The van der Waals surface area contributed by atoms with Gasteiger partial charge in [-0.2, -0.15) is 0 Å². The zero-order valence-electron chi connectivity index (χ0n) is 19.9. The highest BCUT2D eigenvalue weighted by Gasteiger charge is 2.32. The molecule has 1 saturated heterocycles. The fraction of sp³-hybridized carbons (Fsp3) is 0.222. The lowest BCUT2D eigenvalue weighted by Crippen LogP contribution is -2.37. The van der Waals surface area contributed by atoms with Gasteiger partial charge in [-0.15, -0.1) is 0 Å². The van der Waals surface area contributed by atoms with E-state index in [0.29, 0.717) is 29.4 Å². The van der Waals surface area contributed by atoms with Crippen molar-refractivity contribution in [2.45, 2.75) is 12.5 Å². The minimum absolute atomic E-state index is 0.0823. The molecular weight excluding hydrogens is 464 g/mol. The molecule has 0 aliphatic carbocycles. The van der Waals surface area contributed by atoms with Crippen LogP contribution in [0, 0.1) is 0 Å². The van der Waals surface area contributed by atoms with E-state index in [1.54, 1.807) is 29.2 Å². The monoisotopic (exact) mass is 490 g/mol. The maximum absolute atomic E-state index is 12.8. The number of ether oxygens (including phenoxy) is 4.